The molecule has 7 nitrogen and oxygen atoms in total. The van der Waals surface area contributed by atoms with Gasteiger partial charge in [0, 0.05) is 19.6 Å². The molecule has 3 unspecified atom stereocenters. The van der Waals surface area contributed by atoms with E-state index in [0.29, 0.717) is 25.6 Å². The highest BCUT2D eigenvalue weighted by Crippen LogP contribution is 2.30. The van der Waals surface area contributed by atoms with Crippen molar-refractivity contribution >= 4 is 11.9 Å². The van der Waals surface area contributed by atoms with Gasteiger partial charge < -0.3 is 24.8 Å². The predicted octanol–water partition coefficient (Wildman–Crippen LogP) is 2.15. The molecule has 168 valence electrons. The van der Waals surface area contributed by atoms with E-state index in [0.717, 1.165) is 12.1 Å². The number of alkyl halides is 3. The molecule has 1 aromatic rings. The molecule has 1 aromatic carbocycles. The largest absolute Gasteiger partial charge is 0.491 e. The zero-order chi connectivity index (χ0) is 22.3. The summed E-state index contributed by atoms with van der Waals surface area (Å²) >= 11 is 0. The smallest absolute Gasteiger partial charge is 0.416 e. The third-order valence-electron chi connectivity index (χ3n) is 4.83. The molecular formula is C20H28F3N3O4. The molecular weight excluding hydrogens is 403 g/mol. The van der Waals surface area contributed by atoms with E-state index < -0.39 is 17.8 Å². The number of halogens is 3. The van der Waals surface area contributed by atoms with E-state index in [1.54, 1.807) is 0 Å². The number of hydrogen-bond donors (Lipinski definition) is 2. The van der Waals surface area contributed by atoms with Crippen LogP contribution in [0.1, 0.15) is 19.4 Å². The van der Waals surface area contributed by atoms with Crippen molar-refractivity contribution in [3.8, 4) is 5.75 Å². The van der Waals surface area contributed by atoms with Crippen molar-refractivity contribution in [2.24, 2.45) is 16.8 Å². The van der Waals surface area contributed by atoms with Crippen LogP contribution in [-0.2, 0) is 15.7 Å². The molecule has 0 aromatic heterocycles. The second kappa shape index (κ2) is 10.5. The molecule has 30 heavy (non-hydrogen) atoms. The maximum Gasteiger partial charge on any atom is 0.416 e. The van der Waals surface area contributed by atoms with Crippen molar-refractivity contribution in [2.75, 3.05) is 39.9 Å². The quantitative estimate of drug-likeness (QED) is 0.391. The zero-order valence-corrected chi connectivity index (χ0v) is 17.3. The summed E-state index contributed by atoms with van der Waals surface area (Å²) in [4.78, 5) is 18.2. The Morgan fingerprint density at radius 3 is 2.57 bits per heavy atom. The Balaban J connectivity index is 1.90. The van der Waals surface area contributed by atoms with Crippen LogP contribution >= 0.6 is 0 Å². The number of hydrogen-bond acceptors (Lipinski definition) is 5. The molecule has 3 atom stereocenters. The van der Waals surface area contributed by atoms with Gasteiger partial charge in [-0.25, -0.2) is 0 Å². The van der Waals surface area contributed by atoms with E-state index in [1.165, 1.54) is 19.2 Å². The van der Waals surface area contributed by atoms with Crippen molar-refractivity contribution in [3.63, 3.8) is 0 Å². The van der Waals surface area contributed by atoms with Crippen molar-refractivity contribution < 1.29 is 32.5 Å². The van der Waals surface area contributed by atoms with Crippen LogP contribution in [0.15, 0.2) is 29.3 Å². The molecule has 2 N–H and O–H groups in total. The summed E-state index contributed by atoms with van der Waals surface area (Å²) in [7, 11) is 1.37. The fraction of sp³-hybridized carbons (Fsp3) is 0.600. The van der Waals surface area contributed by atoms with E-state index in [1.807, 2.05) is 18.7 Å². The van der Waals surface area contributed by atoms with Crippen LogP contribution < -0.4 is 10.1 Å². The molecule has 1 aliphatic rings. The summed E-state index contributed by atoms with van der Waals surface area (Å²) in [6, 6.07) is 4.27. The number of aliphatic hydroxyl groups excluding tert-OH is 1. The molecule has 1 saturated heterocycles. The number of methoxy groups -OCH3 is 1. The lowest BCUT2D eigenvalue weighted by molar-refractivity contribution is -0.146. The minimum absolute atomic E-state index is 0.0384. The monoisotopic (exact) mass is 431 g/mol. The summed E-state index contributed by atoms with van der Waals surface area (Å²) < 4.78 is 47.9. The van der Waals surface area contributed by atoms with E-state index in [-0.39, 0.29) is 36.7 Å². The molecule has 0 spiro atoms. The average Bonchev–Trinajstić information content (AvgIpc) is 3.10. The second-order valence-electron chi connectivity index (χ2n) is 7.19. The third-order valence-corrected chi connectivity index (χ3v) is 4.83. The Bertz CT molecular complexity index is 725. The molecule has 0 radical (unpaired) electrons. The predicted molar refractivity (Wildman–Crippen MR) is 105 cm³/mol. The second-order valence-corrected chi connectivity index (χ2v) is 7.19. The van der Waals surface area contributed by atoms with Crippen LogP contribution in [-0.4, -0.2) is 67.9 Å². The summed E-state index contributed by atoms with van der Waals surface area (Å²) in [5, 5.41) is 13.3. The van der Waals surface area contributed by atoms with Gasteiger partial charge in [-0.05, 0) is 37.1 Å². The van der Waals surface area contributed by atoms with Crippen LogP contribution in [0.25, 0.3) is 0 Å². The third kappa shape index (κ3) is 6.51. The van der Waals surface area contributed by atoms with Gasteiger partial charge in [0.1, 0.15) is 18.5 Å². The van der Waals surface area contributed by atoms with Gasteiger partial charge in [-0.2, -0.15) is 13.2 Å². The molecule has 1 fully saturated rings. The summed E-state index contributed by atoms with van der Waals surface area (Å²) in [6.07, 6.45) is -5.35. The number of nitrogens with one attached hydrogen (secondary N) is 1. The first-order valence-corrected chi connectivity index (χ1v) is 9.74. The first kappa shape index (κ1) is 23.8. The van der Waals surface area contributed by atoms with Crippen LogP contribution in [0, 0.1) is 11.8 Å². The van der Waals surface area contributed by atoms with Crippen LogP contribution in [0.2, 0.25) is 0 Å². The highest BCUT2D eigenvalue weighted by Gasteiger charge is 2.37. The summed E-state index contributed by atoms with van der Waals surface area (Å²) in [6.45, 7) is 5.52. The minimum Gasteiger partial charge on any atom is -0.491 e. The normalized spacial score (nSPS) is 20.8. The summed E-state index contributed by atoms with van der Waals surface area (Å²) in [5.41, 5.74) is -0.764. The van der Waals surface area contributed by atoms with Gasteiger partial charge in [-0.1, -0.05) is 6.92 Å². The average molecular weight is 431 g/mol. The number of ether oxygens (including phenoxy) is 2. The van der Waals surface area contributed by atoms with Crippen LogP contribution in [0.3, 0.4) is 0 Å². The van der Waals surface area contributed by atoms with Crippen molar-refractivity contribution in [1.82, 2.24) is 10.2 Å². The number of aliphatic imine (C=N–C) groups is 1. The number of guanidine groups is 1. The number of carbonyl (C=O) groups excluding carboxylic acids is 1. The standard InChI is InChI=1S/C20H28F3N3O4/c1-4-24-19(26-10-13(2)17(11-26)18(28)29-3)25-9-15(27)12-30-16-7-5-14(6-8-16)20(21,22)23/h5-8,13,15,17,27H,4,9-12H2,1-3H3,(H,24,25). The number of esters is 1. The van der Waals surface area contributed by atoms with Gasteiger partial charge in [0.05, 0.1) is 25.1 Å². The van der Waals surface area contributed by atoms with Crippen LogP contribution in [0.4, 0.5) is 13.2 Å². The molecule has 0 aliphatic carbocycles. The minimum atomic E-state index is -4.41. The fourth-order valence-corrected chi connectivity index (χ4v) is 3.20. The van der Waals surface area contributed by atoms with Gasteiger partial charge in [-0.3, -0.25) is 9.79 Å². The van der Waals surface area contributed by atoms with Crippen molar-refractivity contribution in [1.29, 1.82) is 0 Å². The summed E-state index contributed by atoms with van der Waals surface area (Å²) in [5.74, 6) is 0.406. The van der Waals surface area contributed by atoms with Gasteiger partial charge in [0.25, 0.3) is 0 Å². The van der Waals surface area contributed by atoms with Crippen molar-refractivity contribution in [3.05, 3.63) is 29.8 Å². The Morgan fingerprint density at radius 1 is 1.33 bits per heavy atom. The lowest BCUT2D eigenvalue weighted by Gasteiger charge is -2.22. The van der Waals surface area contributed by atoms with Gasteiger partial charge in [0.15, 0.2) is 5.96 Å². The Hall–Kier alpha value is -2.49. The number of aliphatic hydroxyl groups is 1. The maximum atomic E-state index is 12.6. The van der Waals surface area contributed by atoms with E-state index in [4.69, 9.17) is 9.47 Å². The lowest BCUT2D eigenvalue weighted by Crippen LogP contribution is -2.41. The number of nitrogens with zero attached hydrogens (tertiary/aromatic N) is 2. The number of benzene rings is 1. The topological polar surface area (TPSA) is 83.4 Å². The molecule has 2 rings (SSSR count). The molecule has 0 saturated carbocycles. The first-order valence-electron chi connectivity index (χ1n) is 9.74. The van der Waals surface area contributed by atoms with E-state index >= 15 is 0 Å². The van der Waals surface area contributed by atoms with Gasteiger partial charge >= 0.3 is 12.1 Å². The Morgan fingerprint density at radius 2 is 2.00 bits per heavy atom. The SMILES string of the molecule is CCNC(=NCC(O)COc1ccc(C(F)(F)F)cc1)N1CC(C)C(C(=O)OC)C1. The molecule has 0 amide bonds. The van der Waals surface area contributed by atoms with Crippen molar-refractivity contribution in [2.45, 2.75) is 26.1 Å². The molecule has 1 aliphatic heterocycles. The lowest BCUT2D eigenvalue weighted by atomic mass is 9.99. The van der Waals surface area contributed by atoms with Crippen LogP contribution in [0.5, 0.6) is 5.75 Å². The number of likely N-dealkylation sites (tertiary alicyclic amines) is 1. The van der Waals surface area contributed by atoms with Gasteiger partial charge in [0.2, 0.25) is 0 Å². The molecule has 10 heteroatoms. The number of rotatable bonds is 7. The highest BCUT2D eigenvalue weighted by molar-refractivity contribution is 5.82. The molecule has 0 bridgehead atoms. The van der Waals surface area contributed by atoms with Gasteiger partial charge in [-0.15, -0.1) is 0 Å². The Labute approximate surface area is 173 Å². The Kier molecular flexibility index (Phi) is 8.33. The zero-order valence-electron chi connectivity index (χ0n) is 17.3. The van der Waals surface area contributed by atoms with E-state index in [2.05, 4.69) is 10.3 Å². The highest BCUT2D eigenvalue weighted by atomic mass is 19.4. The number of carbonyl (C=O) groups is 1. The molecule has 1 heterocycles. The van der Waals surface area contributed by atoms with E-state index in [9.17, 15) is 23.1 Å². The first-order chi connectivity index (χ1) is 14.2. The maximum absolute atomic E-state index is 12.6. The fourth-order valence-electron chi connectivity index (χ4n) is 3.20.